The zero-order chi connectivity index (χ0) is 15.2. The van der Waals surface area contributed by atoms with E-state index < -0.39 is 0 Å². The molecule has 0 aliphatic carbocycles. The first-order chi connectivity index (χ1) is 10.2. The maximum absolute atomic E-state index is 9.23. The zero-order valence-corrected chi connectivity index (χ0v) is 11.5. The van der Waals surface area contributed by atoms with Gasteiger partial charge in [0.15, 0.2) is 5.84 Å². The summed E-state index contributed by atoms with van der Waals surface area (Å²) in [5.74, 6) is -0.0656. The number of hydrogen-bond donors (Lipinski definition) is 4. The number of rotatable bonds is 6. The molecule has 0 radical (unpaired) electrons. The normalized spacial score (nSPS) is 11.8. The van der Waals surface area contributed by atoms with Crippen molar-refractivity contribution in [1.82, 2.24) is 4.98 Å². The molecule has 0 aliphatic heterocycles. The van der Waals surface area contributed by atoms with Gasteiger partial charge in [0.05, 0.1) is 30.0 Å². The molecular weight excluding hydrogens is 272 g/mol. The van der Waals surface area contributed by atoms with Crippen LogP contribution in [-0.4, -0.2) is 52.5 Å². The van der Waals surface area contributed by atoms with Crippen molar-refractivity contribution in [2.45, 2.75) is 0 Å². The van der Waals surface area contributed by atoms with Crippen molar-refractivity contribution in [2.24, 2.45) is 10.9 Å². The summed E-state index contributed by atoms with van der Waals surface area (Å²) in [5, 5.41) is 31.3. The molecule has 1 heterocycles. The highest BCUT2D eigenvalue weighted by Gasteiger charge is 2.17. The first kappa shape index (κ1) is 15.0. The van der Waals surface area contributed by atoms with Gasteiger partial charge in [-0.3, -0.25) is 4.98 Å². The number of oxime groups is 1. The Balaban J connectivity index is 2.70. The van der Waals surface area contributed by atoms with Crippen LogP contribution in [0.2, 0.25) is 0 Å². The van der Waals surface area contributed by atoms with Crippen molar-refractivity contribution in [3.63, 3.8) is 0 Å². The van der Waals surface area contributed by atoms with E-state index in [1.165, 1.54) is 6.20 Å². The van der Waals surface area contributed by atoms with E-state index in [0.29, 0.717) is 24.3 Å². The number of pyridine rings is 1. The summed E-state index contributed by atoms with van der Waals surface area (Å²) in [6, 6.07) is 7.45. The molecule has 0 fully saturated rings. The molecule has 1 aromatic heterocycles. The van der Waals surface area contributed by atoms with Crippen LogP contribution in [0.4, 0.5) is 5.69 Å². The third kappa shape index (κ3) is 3.04. The zero-order valence-electron chi connectivity index (χ0n) is 11.5. The van der Waals surface area contributed by atoms with Crippen LogP contribution in [0, 0.1) is 0 Å². The second-order valence-corrected chi connectivity index (χ2v) is 4.46. The summed E-state index contributed by atoms with van der Waals surface area (Å²) in [6.45, 7) is 0.485. The second-order valence-electron chi connectivity index (χ2n) is 4.46. The highest BCUT2D eigenvalue weighted by atomic mass is 16.4. The van der Waals surface area contributed by atoms with Gasteiger partial charge < -0.3 is 26.1 Å². The standard InChI is InChI=1S/C14H18N4O3/c15-14(17-21)11-9-16-12-4-2-1-3-10(12)13(11)18(5-7-19)6-8-20/h1-4,9,19-21H,5-8H2,(H2,15,17). The van der Waals surface area contributed by atoms with E-state index in [-0.39, 0.29) is 19.0 Å². The van der Waals surface area contributed by atoms with Crippen molar-refractivity contribution in [3.05, 3.63) is 36.0 Å². The van der Waals surface area contributed by atoms with Crippen molar-refractivity contribution in [1.29, 1.82) is 0 Å². The summed E-state index contributed by atoms with van der Waals surface area (Å²) in [5.41, 5.74) is 7.61. The molecule has 2 aromatic rings. The Labute approximate surface area is 121 Å². The van der Waals surface area contributed by atoms with Gasteiger partial charge in [0.2, 0.25) is 0 Å². The lowest BCUT2D eigenvalue weighted by Crippen LogP contribution is -2.32. The van der Waals surface area contributed by atoms with E-state index in [0.717, 1.165) is 10.9 Å². The monoisotopic (exact) mass is 290 g/mol. The van der Waals surface area contributed by atoms with Gasteiger partial charge in [0, 0.05) is 24.7 Å². The van der Waals surface area contributed by atoms with Gasteiger partial charge in [0.25, 0.3) is 0 Å². The molecular formula is C14H18N4O3. The first-order valence-corrected chi connectivity index (χ1v) is 6.55. The Hall–Kier alpha value is -2.38. The highest BCUT2D eigenvalue weighted by Crippen LogP contribution is 2.29. The van der Waals surface area contributed by atoms with Gasteiger partial charge in [-0.1, -0.05) is 23.4 Å². The van der Waals surface area contributed by atoms with Crippen LogP contribution in [0.3, 0.4) is 0 Å². The van der Waals surface area contributed by atoms with Crippen LogP contribution >= 0.6 is 0 Å². The van der Waals surface area contributed by atoms with Crippen LogP contribution in [-0.2, 0) is 0 Å². The van der Waals surface area contributed by atoms with Crippen LogP contribution in [0.5, 0.6) is 0 Å². The van der Waals surface area contributed by atoms with E-state index in [2.05, 4.69) is 10.1 Å². The van der Waals surface area contributed by atoms with Crippen LogP contribution in [0.25, 0.3) is 10.9 Å². The summed E-state index contributed by atoms with van der Waals surface area (Å²) < 4.78 is 0. The molecule has 7 nitrogen and oxygen atoms in total. The Morgan fingerprint density at radius 3 is 2.48 bits per heavy atom. The van der Waals surface area contributed by atoms with E-state index >= 15 is 0 Å². The van der Waals surface area contributed by atoms with Crippen LogP contribution in [0.15, 0.2) is 35.6 Å². The Morgan fingerprint density at radius 2 is 1.86 bits per heavy atom. The first-order valence-electron chi connectivity index (χ1n) is 6.55. The molecule has 0 bridgehead atoms. The molecule has 0 amide bonds. The largest absolute Gasteiger partial charge is 0.409 e. The minimum atomic E-state index is -0.0771. The van der Waals surface area contributed by atoms with Crippen molar-refractivity contribution in [3.8, 4) is 0 Å². The van der Waals surface area contributed by atoms with Gasteiger partial charge in [-0.25, -0.2) is 0 Å². The fourth-order valence-corrected chi connectivity index (χ4v) is 2.29. The van der Waals surface area contributed by atoms with E-state index in [9.17, 15) is 10.2 Å². The maximum atomic E-state index is 9.23. The molecule has 5 N–H and O–H groups in total. The van der Waals surface area contributed by atoms with E-state index in [4.69, 9.17) is 10.9 Å². The molecule has 7 heteroatoms. The quantitative estimate of drug-likeness (QED) is 0.260. The Morgan fingerprint density at radius 1 is 1.19 bits per heavy atom. The van der Waals surface area contributed by atoms with Crippen LogP contribution in [0.1, 0.15) is 5.56 Å². The number of aromatic nitrogens is 1. The molecule has 112 valence electrons. The van der Waals surface area contributed by atoms with Crippen molar-refractivity contribution >= 4 is 22.4 Å². The molecule has 0 spiro atoms. The smallest absolute Gasteiger partial charge is 0.173 e. The average molecular weight is 290 g/mol. The molecule has 0 unspecified atom stereocenters. The van der Waals surface area contributed by atoms with Gasteiger partial charge >= 0.3 is 0 Å². The molecule has 0 saturated carbocycles. The summed E-state index contributed by atoms with van der Waals surface area (Å²) in [4.78, 5) is 6.08. The number of para-hydroxylation sites is 1. The van der Waals surface area contributed by atoms with Crippen LogP contribution < -0.4 is 10.6 Å². The number of aliphatic hydroxyl groups excluding tert-OH is 2. The molecule has 1 aromatic carbocycles. The topological polar surface area (TPSA) is 115 Å². The number of aliphatic hydroxyl groups is 2. The predicted octanol–water partition coefficient (Wildman–Crippen LogP) is 0.120. The number of fused-ring (bicyclic) bond motifs is 1. The summed E-state index contributed by atoms with van der Waals surface area (Å²) in [7, 11) is 0. The maximum Gasteiger partial charge on any atom is 0.173 e. The minimum Gasteiger partial charge on any atom is -0.409 e. The fraction of sp³-hybridized carbons (Fsp3) is 0.286. The van der Waals surface area contributed by atoms with Gasteiger partial charge in [-0.05, 0) is 6.07 Å². The average Bonchev–Trinajstić information content (AvgIpc) is 2.53. The lowest BCUT2D eigenvalue weighted by Gasteiger charge is -2.26. The number of amidine groups is 1. The number of benzene rings is 1. The number of nitrogens with zero attached hydrogens (tertiary/aromatic N) is 3. The third-order valence-electron chi connectivity index (χ3n) is 3.19. The van der Waals surface area contributed by atoms with Gasteiger partial charge in [-0.2, -0.15) is 0 Å². The number of nitrogens with two attached hydrogens (primary N) is 1. The SMILES string of the molecule is N/C(=N/O)c1cnc2ccccc2c1N(CCO)CCO. The predicted molar refractivity (Wildman–Crippen MR) is 80.6 cm³/mol. The number of anilines is 1. The molecule has 21 heavy (non-hydrogen) atoms. The van der Waals surface area contributed by atoms with Gasteiger partial charge in [0.1, 0.15) is 0 Å². The second kappa shape index (κ2) is 6.87. The van der Waals surface area contributed by atoms with E-state index in [1.807, 2.05) is 24.3 Å². The molecule has 0 atom stereocenters. The molecule has 0 aliphatic rings. The van der Waals surface area contributed by atoms with Crippen molar-refractivity contribution in [2.75, 3.05) is 31.2 Å². The summed E-state index contributed by atoms with van der Waals surface area (Å²) >= 11 is 0. The third-order valence-corrected chi connectivity index (χ3v) is 3.19. The lowest BCUT2D eigenvalue weighted by molar-refractivity contribution is 0.281. The minimum absolute atomic E-state index is 0.0656. The van der Waals surface area contributed by atoms with Crippen molar-refractivity contribution < 1.29 is 15.4 Å². The molecule has 0 saturated heterocycles. The highest BCUT2D eigenvalue weighted by molar-refractivity contribution is 6.08. The lowest BCUT2D eigenvalue weighted by atomic mass is 10.1. The summed E-state index contributed by atoms with van der Waals surface area (Å²) in [6.07, 6.45) is 1.52. The number of hydrogen-bond acceptors (Lipinski definition) is 6. The van der Waals surface area contributed by atoms with E-state index in [1.54, 1.807) is 4.90 Å². The Bertz CT molecular complexity index is 639. The fourth-order valence-electron chi connectivity index (χ4n) is 2.29. The van der Waals surface area contributed by atoms with Gasteiger partial charge in [-0.15, -0.1) is 0 Å². The molecule has 2 rings (SSSR count). The Kier molecular flexibility index (Phi) is 4.91.